The number of nitrogens with two attached hydrogens (primary N) is 1. The first-order valence-corrected chi connectivity index (χ1v) is 13.7. The number of benzene rings is 1. The molecule has 1 aliphatic carbocycles. The molecule has 0 saturated heterocycles. The summed E-state index contributed by atoms with van der Waals surface area (Å²) in [4.78, 5) is 53.2. The van der Waals surface area contributed by atoms with E-state index in [1.807, 2.05) is 13.8 Å². The van der Waals surface area contributed by atoms with Crippen molar-refractivity contribution >= 4 is 28.9 Å². The highest BCUT2D eigenvalue weighted by molar-refractivity contribution is 5.93. The Kier molecular flexibility index (Phi) is 9.22. The fraction of sp³-hybridized carbons (Fsp3) is 0.414. The lowest BCUT2D eigenvalue weighted by molar-refractivity contribution is -0.129. The van der Waals surface area contributed by atoms with Crippen LogP contribution in [0.4, 0.5) is 9.18 Å². The zero-order valence-corrected chi connectivity index (χ0v) is 23.9. The predicted octanol–water partition coefficient (Wildman–Crippen LogP) is 2.55. The number of halogens is 1. The lowest BCUT2D eigenvalue weighted by atomic mass is 9.81. The van der Waals surface area contributed by atoms with E-state index in [1.165, 1.54) is 10.6 Å². The molecule has 0 saturated carbocycles. The highest BCUT2D eigenvalue weighted by Crippen LogP contribution is 2.44. The number of pyridine rings is 2. The molecular weight excluding hydrogens is 549 g/mol. The van der Waals surface area contributed by atoms with Gasteiger partial charge in [0, 0.05) is 17.0 Å². The normalized spacial score (nSPS) is 14.4. The summed E-state index contributed by atoms with van der Waals surface area (Å²) < 4.78 is 26.3. The number of carboxylic acid groups (broad SMARTS) is 1. The van der Waals surface area contributed by atoms with Crippen LogP contribution in [0.5, 0.6) is 0 Å². The summed E-state index contributed by atoms with van der Waals surface area (Å²) in [5.41, 5.74) is 9.84. The molecule has 5 N–H and O–H groups in total. The summed E-state index contributed by atoms with van der Waals surface area (Å²) in [6.07, 6.45) is -0.492. The second-order valence-corrected chi connectivity index (χ2v) is 9.80. The molecule has 1 atom stereocenters. The van der Waals surface area contributed by atoms with Crippen LogP contribution in [0, 0.1) is 19.7 Å². The minimum absolute atomic E-state index is 0.145. The molecule has 0 spiro atoms. The number of rotatable bonds is 8. The number of nitrogens with one attached hydrogen (secondary N) is 2. The van der Waals surface area contributed by atoms with E-state index in [-0.39, 0.29) is 37.8 Å². The zero-order chi connectivity index (χ0) is 30.7. The summed E-state index contributed by atoms with van der Waals surface area (Å²) in [5, 5.41) is 15.1. The van der Waals surface area contributed by atoms with Crippen LogP contribution in [0.25, 0.3) is 22.3 Å². The Hall–Kier alpha value is -4.36. The summed E-state index contributed by atoms with van der Waals surface area (Å²) in [6.45, 7) is 6.48. The highest BCUT2D eigenvalue weighted by atomic mass is 19.1. The Morgan fingerprint density at radius 1 is 1.19 bits per heavy atom. The molecule has 12 nitrogen and oxygen atoms in total. The van der Waals surface area contributed by atoms with Gasteiger partial charge in [0.05, 0.1) is 41.6 Å². The highest BCUT2D eigenvalue weighted by Gasteiger charge is 2.34. The molecule has 42 heavy (non-hydrogen) atoms. The van der Waals surface area contributed by atoms with Gasteiger partial charge in [0.2, 0.25) is 11.8 Å². The fourth-order valence-electron chi connectivity index (χ4n) is 5.50. The monoisotopic (exact) mass is 583 g/mol. The van der Waals surface area contributed by atoms with Gasteiger partial charge in [-0.05, 0) is 55.0 Å². The van der Waals surface area contributed by atoms with Crippen LogP contribution in [0.2, 0.25) is 0 Å². The number of carbonyl (C=O) groups excluding carboxylic acids is 2. The Morgan fingerprint density at radius 2 is 1.93 bits per heavy atom. The Labute approximate surface area is 241 Å². The molecule has 2 aromatic heterocycles. The predicted molar refractivity (Wildman–Crippen MR) is 151 cm³/mol. The fourth-order valence-corrected chi connectivity index (χ4v) is 5.50. The summed E-state index contributed by atoms with van der Waals surface area (Å²) in [6, 6.07) is 2.64. The second kappa shape index (κ2) is 12.7. The molecule has 5 rings (SSSR count). The Morgan fingerprint density at radius 3 is 2.62 bits per heavy atom. The van der Waals surface area contributed by atoms with Gasteiger partial charge in [-0.2, -0.15) is 0 Å². The van der Waals surface area contributed by atoms with Crippen LogP contribution in [0.1, 0.15) is 59.7 Å². The third-order valence-corrected chi connectivity index (χ3v) is 7.42. The van der Waals surface area contributed by atoms with E-state index < -0.39 is 36.2 Å². The van der Waals surface area contributed by atoms with E-state index in [0.29, 0.717) is 40.9 Å². The van der Waals surface area contributed by atoms with Crippen LogP contribution < -0.4 is 21.9 Å². The van der Waals surface area contributed by atoms with Crippen LogP contribution in [0.15, 0.2) is 16.9 Å². The maximum Gasteiger partial charge on any atom is 0.506 e. The van der Waals surface area contributed by atoms with Crippen molar-refractivity contribution in [2.75, 3.05) is 19.9 Å². The van der Waals surface area contributed by atoms with Crippen LogP contribution in [0.3, 0.4) is 0 Å². The molecule has 1 unspecified atom stereocenters. The molecule has 224 valence electrons. The lowest BCUT2D eigenvalue weighted by Gasteiger charge is -2.29. The van der Waals surface area contributed by atoms with Gasteiger partial charge in [0.1, 0.15) is 25.8 Å². The molecule has 0 radical (unpaired) electrons. The minimum atomic E-state index is -1.49. The lowest BCUT2D eigenvalue weighted by Crippen LogP contribution is -2.37. The molecule has 2 aliphatic rings. The first-order valence-electron chi connectivity index (χ1n) is 13.7. The van der Waals surface area contributed by atoms with Gasteiger partial charge in [-0.15, -0.1) is 0 Å². The number of ether oxygens (including phenoxy) is 2. The largest absolute Gasteiger partial charge is 0.506 e. The summed E-state index contributed by atoms with van der Waals surface area (Å²) in [5.74, 6) is -1.21. The van der Waals surface area contributed by atoms with E-state index in [1.54, 1.807) is 19.9 Å². The number of fused-ring (bicyclic) bond motifs is 4. The van der Waals surface area contributed by atoms with Crippen molar-refractivity contribution in [1.82, 2.24) is 20.2 Å². The third kappa shape index (κ3) is 5.70. The van der Waals surface area contributed by atoms with E-state index in [9.17, 15) is 23.6 Å². The molecule has 3 heterocycles. The van der Waals surface area contributed by atoms with Gasteiger partial charge >= 0.3 is 6.16 Å². The number of hydrogen-bond donors (Lipinski definition) is 4. The average Bonchev–Trinajstić information content (AvgIpc) is 3.33. The van der Waals surface area contributed by atoms with Crippen molar-refractivity contribution in [1.29, 1.82) is 0 Å². The third-order valence-electron chi connectivity index (χ3n) is 7.42. The molecule has 0 bridgehead atoms. The van der Waals surface area contributed by atoms with Gasteiger partial charge in [-0.25, -0.2) is 14.2 Å². The second-order valence-electron chi connectivity index (χ2n) is 9.80. The minimum Gasteiger partial charge on any atom is -0.450 e. The summed E-state index contributed by atoms with van der Waals surface area (Å²) >= 11 is 0. The van der Waals surface area contributed by atoms with Gasteiger partial charge in [-0.1, -0.05) is 13.8 Å². The first-order chi connectivity index (χ1) is 20.1. The van der Waals surface area contributed by atoms with Gasteiger partial charge in [-0.3, -0.25) is 14.4 Å². The zero-order valence-electron chi connectivity index (χ0n) is 23.9. The van der Waals surface area contributed by atoms with Crippen molar-refractivity contribution in [3.8, 4) is 11.4 Å². The van der Waals surface area contributed by atoms with Crippen molar-refractivity contribution in [2.45, 2.75) is 59.7 Å². The average molecular weight is 584 g/mol. The van der Waals surface area contributed by atoms with Gasteiger partial charge < -0.3 is 35.5 Å². The smallest absolute Gasteiger partial charge is 0.450 e. The molecular formula is C29H34FN5O7. The summed E-state index contributed by atoms with van der Waals surface area (Å²) in [7, 11) is 0. The van der Waals surface area contributed by atoms with Crippen molar-refractivity contribution in [3.05, 3.63) is 61.7 Å². The van der Waals surface area contributed by atoms with Crippen LogP contribution >= 0.6 is 0 Å². The number of nitrogens with zero attached hydrogens (tertiary/aromatic N) is 2. The Bertz CT molecular complexity index is 1640. The molecule has 13 heteroatoms. The number of carbonyl (C=O) groups is 3. The first kappa shape index (κ1) is 30.6. The standard InChI is InChI=1S/C27H28FN5O7.C2H6/c1-12-5-20-25-15(8-33(20)26(36)16(12)9-40-27(37)38)24-18(31-22(35)10-39-11-30-21(34)7-29)4-3-14-13(2)17(28)6-19(32-25)23(14)24;1-2/h5-6,18H,3-4,7-11,29H2,1-2H3,(H,30,34)(H,31,35)(H,37,38);1-2H3. The SMILES string of the molecule is CC.Cc1cc2n(c(=O)c1COC(=O)O)Cc1c-2nc2cc(F)c(C)c3c2c1C(NC(=O)COCNC(=O)CN)CC3. The van der Waals surface area contributed by atoms with E-state index in [2.05, 4.69) is 15.4 Å². The number of hydrogen-bond acceptors (Lipinski definition) is 8. The maximum absolute atomic E-state index is 14.9. The van der Waals surface area contributed by atoms with E-state index in [0.717, 1.165) is 22.1 Å². The maximum atomic E-state index is 14.9. The number of aryl methyl sites for hydroxylation is 2. The molecule has 1 aromatic carbocycles. The van der Waals surface area contributed by atoms with Crippen molar-refractivity contribution in [3.63, 3.8) is 0 Å². The molecule has 1 aliphatic heterocycles. The molecule has 2 amide bonds. The van der Waals surface area contributed by atoms with Crippen LogP contribution in [-0.4, -0.2) is 52.5 Å². The quantitative estimate of drug-likeness (QED) is 0.138. The van der Waals surface area contributed by atoms with E-state index >= 15 is 0 Å². The van der Waals surface area contributed by atoms with Gasteiger partial charge in [0.15, 0.2) is 0 Å². The number of amides is 2. The van der Waals surface area contributed by atoms with Gasteiger partial charge in [0.25, 0.3) is 5.56 Å². The van der Waals surface area contributed by atoms with Crippen molar-refractivity contribution < 1.29 is 33.4 Å². The van der Waals surface area contributed by atoms with Crippen molar-refractivity contribution in [2.24, 2.45) is 5.73 Å². The molecule has 0 fully saturated rings. The van der Waals surface area contributed by atoms with Crippen LogP contribution in [-0.2, 0) is 38.6 Å². The topological polar surface area (TPSA) is 175 Å². The Balaban J connectivity index is 0.00000198. The number of aromatic nitrogens is 2. The van der Waals surface area contributed by atoms with E-state index in [4.69, 9.17) is 20.6 Å². The molecule has 3 aromatic rings.